The van der Waals surface area contributed by atoms with E-state index in [1.807, 2.05) is 31.2 Å². The average Bonchev–Trinajstić information content (AvgIpc) is 3.37. The number of nitrogens with zero attached hydrogens (tertiary/aromatic N) is 1. The van der Waals surface area contributed by atoms with Crippen molar-refractivity contribution in [3.63, 3.8) is 0 Å². The minimum absolute atomic E-state index is 0. The molecule has 286 valence electrons. The van der Waals surface area contributed by atoms with E-state index in [0.29, 0.717) is 19.3 Å². The molecule has 4 fully saturated rings. The van der Waals surface area contributed by atoms with Crippen molar-refractivity contribution in [3.05, 3.63) is 35.9 Å². The van der Waals surface area contributed by atoms with Crippen molar-refractivity contribution in [1.29, 1.82) is 0 Å². The third-order valence-electron chi connectivity index (χ3n) is 12.5. The molecule has 2 N–H and O–H groups in total. The third-order valence-corrected chi connectivity index (χ3v) is 12.5. The van der Waals surface area contributed by atoms with Crippen LogP contribution in [0.3, 0.4) is 0 Å². The molecule has 1 unspecified atom stereocenters. The summed E-state index contributed by atoms with van der Waals surface area (Å²) >= 11 is 0. The highest BCUT2D eigenvalue weighted by Crippen LogP contribution is 2.67. The quantitative estimate of drug-likeness (QED) is 0.244. The standard InChI is InChI=1S/C23H32O6.C17H27NO3.ClH/c1-13(24)29-12-19(27)23(28)9-7-17-16-5-4-14-10-15(25)6-8-21(14,2)20(16)18(26)11-22(17,23)3;1-2-3-12-20-16-5-7-17(8-6-16)21-13-4-9-18-10-14-19-15-11-18;/h10,16-18,20,26,28H,4-9,11-12H2,1-3H3;5-8H,2-4,9-15H2,1H3;1H/t16-,17-,18-,20?,21-,22-,23-;;/m0../s1. The van der Waals surface area contributed by atoms with E-state index in [9.17, 15) is 24.6 Å². The monoisotopic (exact) mass is 733 g/mol. The van der Waals surface area contributed by atoms with Crippen molar-refractivity contribution in [2.24, 2.45) is 28.6 Å². The van der Waals surface area contributed by atoms with E-state index in [1.165, 1.54) is 6.92 Å². The highest BCUT2D eigenvalue weighted by atomic mass is 35.5. The Labute approximate surface area is 311 Å². The maximum absolute atomic E-state index is 12.9. The molecule has 10 nitrogen and oxygen atoms in total. The summed E-state index contributed by atoms with van der Waals surface area (Å²) < 4.78 is 21.6. The number of unbranched alkanes of at least 4 members (excludes halogenated alkanes) is 1. The topological polar surface area (TPSA) is 132 Å². The number of rotatable bonds is 12. The number of morpholine rings is 1. The fraction of sp³-hybridized carbons (Fsp3) is 0.725. The van der Waals surface area contributed by atoms with Crippen molar-refractivity contribution in [2.75, 3.05) is 52.7 Å². The number of benzene rings is 1. The highest BCUT2D eigenvalue weighted by molar-refractivity contribution is 5.92. The molecule has 6 rings (SSSR count). The van der Waals surface area contributed by atoms with Crippen LogP contribution in [0.4, 0.5) is 0 Å². The molecule has 5 aliphatic rings. The second-order valence-corrected chi connectivity index (χ2v) is 15.5. The zero-order chi connectivity index (χ0) is 35.9. The predicted molar refractivity (Wildman–Crippen MR) is 190 cm³/mol. The molecule has 1 aromatic carbocycles. The van der Waals surface area contributed by atoms with E-state index in [2.05, 4.69) is 18.7 Å². The van der Waals surface area contributed by atoms with E-state index in [1.54, 1.807) is 6.08 Å². The largest absolute Gasteiger partial charge is 1.00 e. The lowest BCUT2D eigenvalue weighted by Crippen LogP contribution is -3.00. The van der Waals surface area contributed by atoms with Gasteiger partial charge in [0.2, 0.25) is 5.78 Å². The van der Waals surface area contributed by atoms with Crippen LogP contribution in [0, 0.1) is 28.6 Å². The van der Waals surface area contributed by atoms with Crippen molar-refractivity contribution in [2.45, 2.75) is 104 Å². The van der Waals surface area contributed by atoms with E-state index >= 15 is 0 Å². The summed E-state index contributed by atoms with van der Waals surface area (Å²) in [6.07, 6.45) is 8.84. The van der Waals surface area contributed by atoms with Crippen molar-refractivity contribution < 1.29 is 57.4 Å². The first kappa shape index (κ1) is 41.3. The minimum atomic E-state index is -1.58. The fourth-order valence-corrected chi connectivity index (χ4v) is 9.71. The summed E-state index contributed by atoms with van der Waals surface area (Å²) in [6.45, 7) is 13.5. The Kier molecular flexibility index (Phi) is 14.6. The van der Waals surface area contributed by atoms with Gasteiger partial charge in [-0.1, -0.05) is 32.8 Å². The molecule has 0 aromatic heterocycles. The number of hydrogen-bond donors (Lipinski definition) is 2. The fourth-order valence-electron chi connectivity index (χ4n) is 9.71. The van der Waals surface area contributed by atoms with Crippen LogP contribution < -0.4 is 21.9 Å². The first-order valence-electron chi connectivity index (χ1n) is 18.9. The Morgan fingerprint density at radius 2 is 1.65 bits per heavy atom. The molecule has 11 heteroatoms. The van der Waals surface area contributed by atoms with Crippen LogP contribution in [0.5, 0.6) is 11.5 Å². The van der Waals surface area contributed by atoms with E-state index in [4.69, 9.17) is 18.9 Å². The van der Waals surface area contributed by atoms with Crippen LogP contribution in [0.1, 0.15) is 93.3 Å². The molecule has 51 heavy (non-hydrogen) atoms. The van der Waals surface area contributed by atoms with Crippen LogP contribution in [-0.2, 0) is 23.9 Å². The SMILES string of the molecule is CC(=O)OCC(=O)[C@@]1(O)CC[C@H]2[C@@H]3CCC4=CC(=O)CC[C@]4(C)C3[C@@H](O)C[C@@]21C.CCCCOc1ccc(OCCCN2CCOCC2)cc1.[Cl-].[H+]. The van der Waals surface area contributed by atoms with Crippen molar-refractivity contribution in [3.8, 4) is 11.5 Å². The molecule has 0 amide bonds. The highest BCUT2D eigenvalue weighted by Gasteiger charge is 2.68. The summed E-state index contributed by atoms with van der Waals surface area (Å²) in [4.78, 5) is 38.4. The van der Waals surface area contributed by atoms with Gasteiger partial charge in [-0.3, -0.25) is 19.3 Å². The Morgan fingerprint density at radius 1 is 1.00 bits per heavy atom. The first-order chi connectivity index (χ1) is 23.9. The maximum atomic E-state index is 12.9. The normalized spacial score (nSPS) is 32.8. The smallest absolute Gasteiger partial charge is 1.00 e. The van der Waals surface area contributed by atoms with Gasteiger partial charge >= 0.3 is 7.40 Å². The summed E-state index contributed by atoms with van der Waals surface area (Å²) in [5.74, 6) is 1.37. The Hall–Kier alpha value is -2.50. The number of fused-ring (bicyclic) bond motifs is 5. The Bertz CT molecular complexity index is 1370. The molecular weight excluding hydrogens is 674 g/mol. The zero-order valence-electron chi connectivity index (χ0n) is 32.0. The lowest BCUT2D eigenvalue weighted by atomic mass is 9.45. The van der Waals surface area contributed by atoms with E-state index < -0.39 is 35.5 Å². The Balaban J connectivity index is 0.000000284. The Morgan fingerprint density at radius 3 is 2.27 bits per heavy atom. The van der Waals surface area contributed by atoms with Gasteiger partial charge in [0, 0.05) is 38.4 Å². The third kappa shape index (κ3) is 9.18. The number of carbonyl (C=O) groups is 3. The van der Waals surface area contributed by atoms with Gasteiger partial charge < -0.3 is 41.6 Å². The average molecular weight is 734 g/mol. The molecule has 0 spiro atoms. The summed E-state index contributed by atoms with van der Waals surface area (Å²) in [6, 6.07) is 7.92. The lowest BCUT2D eigenvalue weighted by molar-refractivity contribution is -0.184. The molecule has 3 saturated carbocycles. The molecule has 4 aliphatic carbocycles. The number of hydrogen-bond acceptors (Lipinski definition) is 10. The molecule has 1 aliphatic heterocycles. The second-order valence-electron chi connectivity index (χ2n) is 15.5. The van der Waals surface area contributed by atoms with Gasteiger partial charge in [0.15, 0.2) is 12.4 Å². The van der Waals surface area contributed by atoms with Gasteiger partial charge in [-0.15, -0.1) is 0 Å². The van der Waals surface area contributed by atoms with Gasteiger partial charge in [-0.25, -0.2) is 0 Å². The number of aliphatic hydroxyl groups excluding tert-OH is 1. The second kappa shape index (κ2) is 18.0. The number of aliphatic hydroxyl groups is 2. The van der Waals surface area contributed by atoms with E-state index in [-0.39, 0.29) is 42.8 Å². The van der Waals surface area contributed by atoms with Gasteiger partial charge in [0.05, 0.1) is 32.5 Å². The molecule has 1 aromatic rings. The summed E-state index contributed by atoms with van der Waals surface area (Å²) in [5.41, 5.74) is -1.36. The number of esters is 1. The van der Waals surface area contributed by atoms with Crippen LogP contribution in [0.2, 0.25) is 0 Å². The number of allylic oxidation sites excluding steroid dienone is 1. The molecule has 1 saturated heterocycles. The number of halogens is 1. The predicted octanol–water partition coefficient (Wildman–Crippen LogP) is 2.44. The number of Topliss-reactive ketones (excluding diaryl/α,β-unsaturated/α-hetero) is 1. The van der Waals surface area contributed by atoms with E-state index in [0.717, 1.165) is 108 Å². The van der Waals surface area contributed by atoms with Gasteiger partial charge in [-0.05, 0) is 105 Å². The van der Waals surface area contributed by atoms with Crippen LogP contribution in [-0.4, -0.2) is 97.0 Å². The zero-order valence-corrected chi connectivity index (χ0v) is 31.8. The summed E-state index contributed by atoms with van der Waals surface area (Å²) in [5, 5.41) is 22.8. The minimum Gasteiger partial charge on any atom is -1.00 e. The molecule has 0 bridgehead atoms. The van der Waals surface area contributed by atoms with Crippen LogP contribution >= 0.6 is 0 Å². The summed E-state index contributed by atoms with van der Waals surface area (Å²) in [7, 11) is 0. The number of ether oxygens (including phenoxy) is 4. The van der Waals surface area contributed by atoms with Gasteiger partial charge in [-0.2, -0.15) is 0 Å². The first-order valence-corrected chi connectivity index (χ1v) is 18.9. The van der Waals surface area contributed by atoms with Gasteiger partial charge in [0.25, 0.3) is 0 Å². The van der Waals surface area contributed by atoms with Gasteiger partial charge in [0.1, 0.15) is 17.1 Å². The molecule has 7 atom stereocenters. The van der Waals surface area contributed by atoms with Crippen LogP contribution in [0.15, 0.2) is 35.9 Å². The number of ketones is 2. The maximum Gasteiger partial charge on any atom is 1.00 e. The van der Waals surface area contributed by atoms with Crippen molar-refractivity contribution >= 4 is 17.5 Å². The molecule has 1 heterocycles. The van der Waals surface area contributed by atoms with Crippen molar-refractivity contribution in [1.82, 2.24) is 4.90 Å². The lowest BCUT2D eigenvalue weighted by Gasteiger charge is -2.60. The molecular formula is C40H60ClNO9. The van der Waals surface area contributed by atoms with Crippen LogP contribution in [0.25, 0.3) is 0 Å². The number of carbonyl (C=O) groups excluding carboxylic acids is 3. The molecule has 0 radical (unpaired) electrons.